The molecular formula is C16H17FO2. The van der Waals surface area contributed by atoms with Crippen molar-refractivity contribution in [2.24, 2.45) is 0 Å². The second-order valence-electron chi connectivity index (χ2n) is 4.48. The Morgan fingerprint density at radius 3 is 2.32 bits per heavy atom. The van der Waals surface area contributed by atoms with Crippen molar-refractivity contribution in [1.82, 2.24) is 0 Å². The van der Waals surface area contributed by atoms with Gasteiger partial charge in [0.15, 0.2) is 11.6 Å². The highest BCUT2D eigenvalue weighted by atomic mass is 19.1. The molecule has 0 unspecified atom stereocenters. The van der Waals surface area contributed by atoms with Crippen LogP contribution in [0.3, 0.4) is 0 Å². The van der Waals surface area contributed by atoms with Gasteiger partial charge in [-0.15, -0.1) is 0 Å². The van der Waals surface area contributed by atoms with E-state index in [9.17, 15) is 4.39 Å². The molecule has 0 spiro atoms. The number of benzene rings is 2. The van der Waals surface area contributed by atoms with Gasteiger partial charge in [0.1, 0.15) is 12.4 Å². The minimum absolute atomic E-state index is 0.246. The van der Waals surface area contributed by atoms with Crippen molar-refractivity contribution >= 4 is 0 Å². The fourth-order valence-corrected chi connectivity index (χ4v) is 1.98. The van der Waals surface area contributed by atoms with Gasteiger partial charge in [-0.1, -0.05) is 24.3 Å². The molecule has 100 valence electrons. The lowest BCUT2D eigenvalue weighted by atomic mass is 10.1. The number of aryl methyl sites for hydroxylation is 2. The average molecular weight is 260 g/mol. The average Bonchev–Trinajstić information content (AvgIpc) is 2.38. The summed E-state index contributed by atoms with van der Waals surface area (Å²) in [5.41, 5.74) is 2.93. The highest BCUT2D eigenvalue weighted by Gasteiger charge is 2.06. The van der Waals surface area contributed by atoms with Gasteiger partial charge in [-0.3, -0.25) is 0 Å². The zero-order chi connectivity index (χ0) is 13.8. The molecule has 0 saturated carbocycles. The van der Waals surface area contributed by atoms with Crippen LogP contribution in [0, 0.1) is 19.7 Å². The van der Waals surface area contributed by atoms with Crippen molar-refractivity contribution in [2.75, 3.05) is 7.11 Å². The SMILES string of the molecule is COc1ccc(COc2c(C)cccc2C)cc1F. The zero-order valence-electron chi connectivity index (χ0n) is 11.4. The first-order valence-electron chi connectivity index (χ1n) is 6.13. The number of hydrogen-bond donors (Lipinski definition) is 0. The van der Waals surface area contributed by atoms with Crippen molar-refractivity contribution in [1.29, 1.82) is 0 Å². The molecular weight excluding hydrogens is 243 g/mol. The van der Waals surface area contributed by atoms with Crippen LogP contribution >= 0.6 is 0 Å². The van der Waals surface area contributed by atoms with E-state index in [4.69, 9.17) is 9.47 Å². The summed E-state index contributed by atoms with van der Waals surface area (Å²) in [5, 5.41) is 0. The van der Waals surface area contributed by atoms with Crippen LogP contribution in [0.4, 0.5) is 4.39 Å². The lowest BCUT2D eigenvalue weighted by molar-refractivity contribution is 0.300. The Hall–Kier alpha value is -2.03. The Morgan fingerprint density at radius 1 is 1.05 bits per heavy atom. The predicted molar refractivity (Wildman–Crippen MR) is 73.2 cm³/mol. The third-order valence-corrected chi connectivity index (χ3v) is 3.01. The van der Waals surface area contributed by atoms with E-state index in [-0.39, 0.29) is 11.6 Å². The normalized spacial score (nSPS) is 10.3. The summed E-state index contributed by atoms with van der Waals surface area (Å²) < 4.78 is 24.2. The minimum Gasteiger partial charge on any atom is -0.494 e. The first kappa shape index (κ1) is 13.4. The Morgan fingerprint density at radius 2 is 1.74 bits per heavy atom. The van der Waals surface area contributed by atoms with Crippen molar-refractivity contribution in [2.45, 2.75) is 20.5 Å². The highest BCUT2D eigenvalue weighted by molar-refractivity contribution is 5.40. The molecule has 2 nitrogen and oxygen atoms in total. The molecule has 0 aliphatic heterocycles. The van der Waals surface area contributed by atoms with Gasteiger partial charge in [0.05, 0.1) is 7.11 Å². The van der Waals surface area contributed by atoms with E-state index >= 15 is 0 Å². The fourth-order valence-electron chi connectivity index (χ4n) is 1.98. The van der Waals surface area contributed by atoms with E-state index in [1.165, 1.54) is 13.2 Å². The number of hydrogen-bond acceptors (Lipinski definition) is 2. The van der Waals surface area contributed by atoms with Crippen LogP contribution in [0.1, 0.15) is 16.7 Å². The summed E-state index contributed by atoms with van der Waals surface area (Å²) >= 11 is 0. The van der Waals surface area contributed by atoms with Gasteiger partial charge < -0.3 is 9.47 Å². The Labute approximate surface area is 112 Å². The Balaban J connectivity index is 2.13. The van der Waals surface area contributed by atoms with Crippen molar-refractivity contribution < 1.29 is 13.9 Å². The van der Waals surface area contributed by atoms with Gasteiger partial charge in [-0.2, -0.15) is 0 Å². The lowest BCUT2D eigenvalue weighted by Crippen LogP contribution is -2.00. The maximum atomic E-state index is 13.6. The molecule has 0 atom stereocenters. The molecule has 0 amide bonds. The van der Waals surface area contributed by atoms with Crippen molar-refractivity contribution in [3.63, 3.8) is 0 Å². The van der Waals surface area contributed by atoms with E-state index < -0.39 is 0 Å². The lowest BCUT2D eigenvalue weighted by Gasteiger charge is -2.12. The molecule has 2 aromatic carbocycles. The summed E-state index contributed by atoms with van der Waals surface area (Å²) in [4.78, 5) is 0. The predicted octanol–water partition coefficient (Wildman–Crippen LogP) is 4.03. The summed E-state index contributed by atoms with van der Waals surface area (Å²) in [6, 6.07) is 10.8. The maximum Gasteiger partial charge on any atom is 0.165 e. The molecule has 0 aliphatic carbocycles. The van der Waals surface area contributed by atoms with E-state index in [1.54, 1.807) is 12.1 Å². The monoisotopic (exact) mass is 260 g/mol. The highest BCUT2D eigenvalue weighted by Crippen LogP contribution is 2.24. The second-order valence-corrected chi connectivity index (χ2v) is 4.48. The van der Waals surface area contributed by atoms with Crippen LogP contribution in [-0.4, -0.2) is 7.11 Å². The summed E-state index contributed by atoms with van der Waals surface area (Å²) in [5.74, 6) is 0.736. The van der Waals surface area contributed by atoms with Gasteiger partial charge in [0.25, 0.3) is 0 Å². The van der Waals surface area contributed by atoms with Crippen LogP contribution in [0.5, 0.6) is 11.5 Å². The number of rotatable bonds is 4. The molecule has 0 saturated heterocycles. The van der Waals surface area contributed by atoms with E-state index in [1.807, 2.05) is 32.0 Å². The molecule has 19 heavy (non-hydrogen) atoms. The smallest absolute Gasteiger partial charge is 0.165 e. The number of methoxy groups -OCH3 is 1. The van der Waals surface area contributed by atoms with Gasteiger partial charge in [0, 0.05) is 0 Å². The molecule has 2 rings (SSSR count). The first-order chi connectivity index (χ1) is 9.11. The van der Waals surface area contributed by atoms with Crippen molar-refractivity contribution in [3.05, 3.63) is 58.9 Å². The molecule has 0 fully saturated rings. The third kappa shape index (κ3) is 3.05. The Bertz CT molecular complexity index is 559. The quantitative estimate of drug-likeness (QED) is 0.826. The van der Waals surface area contributed by atoms with Gasteiger partial charge in [0.2, 0.25) is 0 Å². The number of para-hydroxylation sites is 1. The van der Waals surface area contributed by atoms with Crippen LogP contribution < -0.4 is 9.47 Å². The fraction of sp³-hybridized carbons (Fsp3) is 0.250. The van der Waals surface area contributed by atoms with Gasteiger partial charge in [-0.05, 0) is 42.7 Å². The summed E-state index contributed by atoms with van der Waals surface area (Å²) in [6.45, 7) is 4.33. The van der Waals surface area contributed by atoms with Crippen molar-refractivity contribution in [3.8, 4) is 11.5 Å². The molecule has 0 radical (unpaired) electrons. The van der Waals surface area contributed by atoms with Crippen LogP contribution in [0.15, 0.2) is 36.4 Å². The second kappa shape index (κ2) is 5.74. The summed E-state index contributed by atoms with van der Waals surface area (Å²) in [7, 11) is 1.45. The standard InChI is InChI=1S/C16H17FO2/c1-11-5-4-6-12(2)16(11)19-10-13-7-8-15(18-3)14(17)9-13/h4-9H,10H2,1-3H3. The van der Waals surface area contributed by atoms with Crippen LogP contribution in [0.25, 0.3) is 0 Å². The summed E-state index contributed by atoms with van der Waals surface area (Å²) in [6.07, 6.45) is 0. The first-order valence-corrected chi connectivity index (χ1v) is 6.13. The molecule has 0 aliphatic rings. The van der Waals surface area contributed by atoms with E-state index in [2.05, 4.69) is 0 Å². The maximum absolute atomic E-state index is 13.6. The van der Waals surface area contributed by atoms with E-state index in [0.29, 0.717) is 6.61 Å². The van der Waals surface area contributed by atoms with Crippen LogP contribution in [0.2, 0.25) is 0 Å². The Kier molecular flexibility index (Phi) is 4.05. The van der Waals surface area contributed by atoms with Crippen LogP contribution in [-0.2, 0) is 6.61 Å². The number of halogens is 1. The minimum atomic E-state index is -0.370. The van der Waals surface area contributed by atoms with Gasteiger partial charge >= 0.3 is 0 Å². The number of ether oxygens (including phenoxy) is 2. The zero-order valence-corrected chi connectivity index (χ0v) is 11.4. The largest absolute Gasteiger partial charge is 0.494 e. The topological polar surface area (TPSA) is 18.5 Å². The molecule has 0 N–H and O–H groups in total. The molecule has 3 heteroatoms. The van der Waals surface area contributed by atoms with E-state index in [0.717, 1.165) is 22.4 Å². The molecule has 0 heterocycles. The molecule has 2 aromatic rings. The molecule has 0 aromatic heterocycles. The third-order valence-electron chi connectivity index (χ3n) is 3.01. The van der Waals surface area contributed by atoms with Gasteiger partial charge in [-0.25, -0.2) is 4.39 Å². The molecule has 0 bridgehead atoms.